The first-order valence-electron chi connectivity index (χ1n) is 9.50. The number of aldehydes is 1. The van der Waals surface area contributed by atoms with Crippen LogP contribution in [0.25, 0.3) is 0 Å². The van der Waals surface area contributed by atoms with Gasteiger partial charge in [0.25, 0.3) is 5.91 Å². The highest BCUT2D eigenvalue weighted by Crippen LogP contribution is 2.21. The van der Waals surface area contributed by atoms with Crippen molar-refractivity contribution in [2.24, 2.45) is 11.0 Å². The molecule has 6 nitrogen and oxygen atoms in total. The fourth-order valence-corrected chi connectivity index (χ4v) is 2.25. The lowest BCUT2D eigenvalue weighted by molar-refractivity contribution is -0.109. The molecule has 0 fully saturated rings. The van der Waals surface area contributed by atoms with Crippen LogP contribution in [0, 0.1) is 5.92 Å². The molecular formula is C24H28N2O4. The minimum absolute atomic E-state index is 0.108. The summed E-state index contributed by atoms with van der Waals surface area (Å²) >= 11 is 0. The zero-order valence-electron chi connectivity index (χ0n) is 17.5. The number of rotatable bonds is 9. The SMILES string of the molecule is C/C=C(/C=N/NC(=O)c1ccc(Oc2ccccc2)cc1)C/C=C\C(C)C=O.CO. The third-order valence-electron chi connectivity index (χ3n) is 3.87. The van der Waals surface area contributed by atoms with Crippen molar-refractivity contribution < 1.29 is 19.4 Å². The first-order valence-corrected chi connectivity index (χ1v) is 9.50. The monoisotopic (exact) mass is 408 g/mol. The Morgan fingerprint density at radius 3 is 2.33 bits per heavy atom. The van der Waals surface area contributed by atoms with Crippen LogP contribution < -0.4 is 10.2 Å². The maximum Gasteiger partial charge on any atom is 0.271 e. The number of allylic oxidation sites excluding steroid dienone is 4. The van der Waals surface area contributed by atoms with Gasteiger partial charge in [-0.25, -0.2) is 5.43 Å². The van der Waals surface area contributed by atoms with Crippen LogP contribution >= 0.6 is 0 Å². The molecule has 6 heteroatoms. The first-order chi connectivity index (χ1) is 14.6. The Labute approximate surface area is 177 Å². The average molecular weight is 408 g/mol. The van der Waals surface area contributed by atoms with Gasteiger partial charge in [0, 0.05) is 18.6 Å². The van der Waals surface area contributed by atoms with E-state index in [0.29, 0.717) is 17.7 Å². The summed E-state index contributed by atoms with van der Waals surface area (Å²) in [5.41, 5.74) is 3.93. The van der Waals surface area contributed by atoms with Gasteiger partial charge in [-0.3, -0.25) is 4.79 Å². The van der Waals surface area contributed by atoms with E-state index in [1.54, 1.807) is 30.5 Å². The number of nitrogens with one attached hydrogen (secondary N) is 1. The number of nitrogens with zero attached hydrogens (tertiary/aromatic N) is 1. The molecule has 2 aromatic carbocycles. The summed E-state index contributed by atoms with van der Waals surface area (Å²) in [6.45, 7) is 3.72. The van der Waals surface area contributed by atoms with Crippen LogP contribution in [0.5, 0.6) is 11.5 Å². The highest BCUT2D eigenvalue weighted by molar-refractivity contribution is 5.94. The van der Waals surface area contributed by atoms with Crippen molar-refractivity contribution in [3.63, 3.8) is 0 Å². The van der Waals surface area contributed by atoms with Crippen molar-refractivity contribution in [1.82, 2.24) is 5.43 Å². The summed E-state index contributed by atoms with van der Waals surface area (Å²) < 4.78 is 5.71. The third-order valence-corrected chi connectivity index (χ3v) is 3.87. The standard InChI is InChI=1S/C23H24N2O3.CH4O/c1-3-19(9-7-8-18(2)17-26)16-24-25-23(27)20-12-14-22(15-13-20)28-21-10-5-4-6-11-21;1-2/h3-8,10-18H,9H2,1-2H3,(H,25,27);2H,1H3/b8-7-,19-3+,24-16+;. The van der Waals surface area contributed by atoms with Crippen LogP contribution in [-0.2, 0) is 4.79 Å². The Kier molecular flexibility index (Phi) is 11.8. The van der Waals surface area contributed by atoms with E-state index in [1.165, 1.54) is 0 Å². The molecule has 2 aromatic rings. The van der Waals surface area contributed by atoms with E-state index >= 15 is 0 Å². The summed E-state index contributed by atoms with van der Waals surface area (Å²) in [4.78, 5) is 22.8. The topological polar surface area (TPSA) is 88.0 Å². The van der Waals surface area contributed by atoms with Crippen LogP contribution in [0.2, 0.25) is 0 Å². The van der Waals surface area contributed by atoms with Crippen molar-refractivity contribution in [2.45, 2.75) is 20.3 Å². The maximum atomic E-state index is 12.2. The summed E-state index contributed by atoms with van der Waals surface area (Å²) in [7, 11) is 1.00. The number of aliphatic hydroxyl groups is 1. The van der Waals surface area contributed by atoms with Crippen LogP contribution in [0.1, 0.15) is 30.6 Å². The minimum Gasteiger partial charge on any atom is -0.457 e. The second-order valence-electron chi connectivity index (χ2n) is 6.13. The maximum absolute atomic E-state index is 12.2. The highest BCUT2D eigenvalue weighted by Gasteiger charge is 2.05. The van der Waals surface area contributed by atoms with Gasteiger partial charge in [-0.05, 0) is 55.3 Å². The van der Waals surface area contributed by atoms with Crippen molar-refractivity contribution in [3.05, 3.63) is 84.0 Å². The Hall–Kier alpha value is -3.51. The zero-order chi connectivity index (χ0) is 22.2. The quantitative estimate of drug-likeness (QED) is 0.276. The molecule has 0 bridgehead atoms. The molecule has 1 unspecified atom stereocenters. The van der Waals surface area contributed by atoms with Crippen molar-refractivity contribution in [3.8, 4) is 11.5 Å². The molecule has 0 saturated heterocycles. The predicted molar refractivity (Wildman–Crippen MR) is 120 cm³/mol. The average Bonchev–Trinajstić information content (AvgIpc) is 2.80. The fourth-order valence-electron chi connectivity index (χ4n) is 2.25. The highest BCUT2D eigenvalue weighted by atomic mass is 16.5. The van der Waals surface area contributed by atoms with Crippen LogP contribution in [-0.4, -0.2) is 30.6 Å². The van der Waals surface area contributed by atoms with E-state index in [1.807, 2.05) is 62.4 Å². The van der Waals surface area contributed by atoms with Gasteiger partial charge in [-0.1, -0.05) is 43.4 Å². The van der Waals surface area contributed by atoms with Crippen LogP contribution in [0.3, 0.4) is 0 Å². The van der Waals surface area contributed by atoms with Gasteiger partial charge >= 0.3 is 0 Å². The van der Waals surface area contributed by atoms with Gasteiger partial charge in [0.05, 0.1) is 6.21 Å². The largest absolute Gasteiger partial charge is 0.457 e. The second kappa shape index (κ2) is 14.5. The number of ether oxygens (including phenoxy) is 1. The summed E-state index contributed by atoms with van der Waals surface area (Å²) in [5, 5.41) is 11.0. The van der Waals surface area contributed by atoms with E-state index < -0.39 is 0 Å². The van der Waals surface area contributed by atoms with Gasteiger partial charge in [0.2, 0.25) is 0 Å². The van der Waals surface area contributed by atoms with Gasteiger partial charge in [-0.15, -0.1) is 0 Å². The second-order valence-corrected chi connectivity index (χ2v) is 6.13. The Morgan fingerprint density at radius 1 is 1.10 bits per heavy atom. The molecule has 1 amide bonds. The number of benzene rings is 2. The van der Waals surface area contributed by atoms with E-state index in [2.05, 4.69) is 10.5 Å². The van der Waals surface area contributed by atoms with Crippen molar-refractivity contribution >= 4 is 18.4 Å². The lowest BCUT2D eigenvalue weighted by atomic mass is 10.1. The van der Waals surface area contributed by atoms with E-state index in [-0.39, 0.29) is 11.8 Å². The van der Waals surface area contributed by atoms with E-state index in [9.17, 15) is 9.59 Å². The molecule has 2 N–H and O–H groups in total. The van der Waals surface area contributed by atoms with E-state index in [4.69, 9.17) is 9.84 Å². The molecule has 0 aliphatic heterocycles. The number of carbonyl (C=O) groups excluding carboxylic acids is 2. The van der Waals surface area contributed by atoms with Gasteiger partial charge in [-0.2, -0.15) is 5.10 Å². The van der Waals surface area contributed by atoms with Gasteiger partial charge in [0.1, 0.15) is 17.8 Å². The van der Waals surface area contributed by atoms with E-state index in [0.717, 1.165) is 24.7 Å². The van der Waals surface area contributed by atoms with Crippen molar-refractivity contribution in [2.75, 3.05) is 7.11 Å². The lowest BCUT2D eigenvalue weighted by Gasteiger charge is -2.06. The van der Waals surface area contributed by atoms with Crippen molar-refractivity contribution in [1.29, 1.82) is 0 Å². The smallest absolute Gasteiger partial charge is 0.271 e. The predicted octanol–water partition coefficient (Wildman–Crippen LogP) is 4.53. The Bertz CT molecular complexity index is 857. The Morgan fingerprint density at radius 2 is 1.73 bits per heavy atom. The molecule has 0 saturated carbocycles. The number of hydrogen-bond donors (Lipinski definition) is 2. The molecule has 0 aliphatic rings. The molecule has 158 valence electrons. The molecular weight excluding hydrogens is 380 g/mol. The Balaban J connectivity index is 0.00000218. The number of para-hydroxylation sites is 1. The van der Waals surface area contributed by atoms with Gasteiger partial charge < -0.3 is 14.6 Å². The number of hydrazone groups is 1. The molecule has 0 radical (unpaired) electrons. The molecule has 2 rings (SSSR count). The summed E-state index contributed by atoms with van der Waals surface area (Å²) in [6.07, 6.45) is 8.77. The number of aliphatic hydroxyl groups excluding tert-OH is 1. The normalized spacial score (nSPS) is 12.2. The molecule has 1 atom stereocenters. The molecule has 0 aromatic heterocycles. The first kappa shape index (κ1) is 24.5. The molecule has 30 heavy (non-hydrogen) atoms. The number of carbonyl (C=O) groups is 2. The molecule has 0 spiro atoms. The minimum atomic E-state index is -0.303. The number of hydrogen-bond acceptors (Lipinski definition) is 5. The molecule has 0 aliphatic carbocycles. The zero-order valence-corrected chi connectivity index (χ0v) is 17.5. The third kappa shape index (κ3) is 9.12. The van der Waals surface area contributed by atoms with Crippen LogP contribution in [0.4, 0.5) is 0 Å². The van der Waals surface area contributed by atoms with Gasteiger partial charge in [0.15, 0.2) is 0 Å². The number of amides is 1. The molecule has 0 heterocycles. The van der Waals surface area contributed by atoms with Crippen LogP contribution in [0.15, 0.2) is 83.5 Å². The summed E-state index contributed by atoms with van der Waals surface area (Å²) in [5.74, 6) is 0.977. The lowest BCUT2D eigenvalue weighted by Crippen LogP contribution is -2.17. The summed E-state index contributed by atoms with van der Waals surface area (Å²) in [6, 6.07) is 16.3. The fraction of sp³-hybridized carbons (Fsp3) is 0.208.